The van der Waals surface area contributed by atoms with Gasteiger partial charge in [0, 0.05) is 13.0 Å². The summed E-state index contributed by atoms with van der Waals surface area (Å²) in [5.41, 5.74) is -0.526. The van der Waals surface area contributed by atoms with E-state index in [2.05, 4.69) is 12.6 Å². The van der Waals surface area contributed by atoms with Crippen molar-refractivity contribution in [3.63, 3.8) is 0 Å². The Hall–Kier alpha value is -1.48. The number of nitrogens with zero attached hydrogens (tertiary/aromatic N) is 2. The van der Waals surface area contributed by atoms with Gasteiger partial charge in [0.1, 0.15) is 6.07 Å². The number of carboxylic acid groups (broad SMARTS) is 1. The largest absolute Gasteiger partial charge is 0.477 e. The van der Waals surface area contributed by atoms with Gasteiger partial charge >= 0.3 is 5.97 Å². The van der Waals surface area contributed by atoms with Crippen molar-refractivity contribution >= 4 is 24.5 Å². The molecule has 0 rings (SSSR count). The highest BCUT2D eigenvalue weighted by atomic mass is 32.1. The fraction of sp³-hybridized carbons (Fsp3) is 0.444. The van der Waals surface area contributed by atoms with Crippen LogP contribution in [0, 0.1) is 11.3 Å². The van der Waals surface area contributed by atoms with E-state index in [1.165, 1.54) is 6.07 Å². The number of carboxylic acids is 1. The van der Waals surface area contributed by atoms with Crippen molar-refractivity contribution in [3.05, 3.63) is 10.6 Å². The first-order valence-corrected chi connectivity index (χ1v) is 4.81. The number of aliphatic carboxylic acids is 1. The third kappa shape index (κ3) is 3.29. The van der Waals surface area contributed by atoms with Crippen LogP contribution in [-0.4, -0.2) is 28.4 Å². The van der Waals surface area contributed by atoms with Crippen LogP contribution in [0.25, 0.3) is 0 Å². The molecule has 0 heterocycles. The van der Waals surface area contributed by atoms with E-state index in [1.54, 1.807) is 13.8 Å². The van der Waals surface area contributed by atoms with Gasteiger partial charge in [-0.15, -0.1) is 12.6 Å². The number of carbonyl (C=O) groups is 2. The molecule has 0 aromatic carbocycles. The molecule has 0 atom stereocenters. The molecule has 0 fully saturated rings. The zero-order valence-corrected chi connectivity index (χ0v) is 9.41. The normalized spacial score (nSPS) is 11.3. The Morgan fingerprint density at radius 1 is 1.47 bits per heavy atom. The zero-order valence-electron chi connectivity index (χ0n) is 8.52. The molecule has 0 unspecified atom stereocenters. The molecule has 0 aliphatic carbocycles. The first-order chi connectivity index (χ1) is 6.99. The van der Waals surface area contributed by atoms with Crippen molar-refractivity contribution in [3.8, 4) is 6.07 Å². The average Bonchev–Trinajstić information content (AvgIpc) is 2.19. The van der Waals surface area contributed by atoms with E-state index in [1.807, 2.05) is 0 Å². The molecule has 0 saturated carbocycles. The first kappa shape index (κ1) is 13.5. The molecule has 0 aliphatic rings. The molecule has 6 heteroatoms. The highest BCUT2D eigenvalue weighted by Crippen LogP contribution is 2.15. The van der Waals surface area contributed by atoms with E-state index in [-0.39, 0.29) is 23.9 Å². The molecule has 15 heavy (non-hydrogen) atoms. The molecule has 1 N–H and O–H groups in total. The summed E-state index contributed by atoms with van der Waals surface area (Å²) < 4.78 is 0. The van der Waals surface area contributed by atoms with Gasteiger partial charge < -0.3 is 10.0 Å². The van der Waals surface area contributed by atoms with Gasteiger partial charge in [-0.3, -0.25) is 4.79 Å². The molecule has 0 radical (unpaired) electrons. The number of hydrogen-bond acceptors (Lipinski definition) is 4. The van der Waals surface area contributed by atoms with Crippen LogP contribution in [0.5, 0.6) is 0 Å². The number of nitriles is 1. The van der Waals surface area contributed by atoms with Gasteiger partial charge in [0.15, 0.2) is 5.57 Å². The zero-order chi connectivity index (χ0) is 12.0. The topological polar surface area (TPSA) is 81.4 Å². The van der Waals surface area contributed by atoms with Gasteiger partial charge in [-0.2, -0.15) is 5.26 Å². The minimum atomic E-state index is -1.38. The summed E-state index contributed by atoms with van der Waals surface area (Å²) in [5, 5.41) is 17.2. The SMILES string of the molecule is CCC(=O)N(CC)/C(S)=C(\C#N)C(=O)O. The molecule has 82 valence electrons. The van der Waals surface area contributed by atoms with Crippen LogP contribution >= 0.6 is 12.6 Å². The molecule has 0 saturated heterocycles. The van der Waals surface area contributed by atoms with E-state index in [4.69, 9.17) is 10.4 Å². The number of hydrogen-bond donors (Lipinski definition) is 2. The van der Waals surface area contributed by atoms with Crippen molar-refractivity contribution in [2.75, 3.05) is 6.54 Å². The summed E-state index contributed by atoms with van der Waals surface area (Å²) in [5.74, 6) is -1.65. The molecule has 0 aromatic heterocycles. The molecular formula is C9H12N2O3S. The summed E-state index contributed by atoms with van der Waals surface area (Å²) >= 11 is 3.89. The van der Waals surface area contributed by atoms with Gasteiger partial charge in [0.25, 0.3) is 0 Å². The molecule has 0 spiro atoms. The van der Waals surface area contributed by atoms with Crippen molar-refractivity contribution in [1.29, 1.82) is 5.26 Å². The fourth-order valence-electron chi connectivity index (χ4n) is 0.964. The summed E-state index contributed by atoms with van der Waals surface area (Å²) in [6.45, 7) is 3.61. The Kier molecular flexibility index (Phi) is 5.49. The third-order valence-corrected chi connectivity index (χ3v) is 2.19. The van der Waals surface area contributed by atoms with Crippen LogP contribution < -0.4 is 0 Å². The lowest BCUT2D eigenvalue weighted by Gasteiger charge is -2.20. The summed E-state index contributed by atoms with van der Waals surface area (Å²) in [6.07, 6.45) is 0.232. The second-order valence-corrected chi connectivity index (χ2v) is 3.03. The quantitative estimate of drug-likeness (QED) is 0.427. The Morgan fingerprint density at radius 2 is 2.00 bits per heavy atom. The number of carbonyl (C=O) groups excluding carboxylic acids is 1. The van der Waals surface area contributed by atoms with E-state index in [9.17, 15) is 9.59 Å². The van der Waals surface area contributed by atoms with Crippen molar-refractivity contribution in [1.82, 2.24) is 4.90 Å². The second-order valence-electron chi connectivity index (χ2n) is 2.61. The lowest BCUT2D eigenvalue weighted by atomic mass is 10.3. The monoisotopic (exact) mass is 228 g/mol. The Labute approximate surface area is 93.4 Å². The predicted octanol–water partition coefficient (Wildman–Crippen LogP) is 0.994. The average molecular weight is 228 g/mol. The molecule has 5 nitrogen and oxygen atoms in total. The number of thiol groups is 1. The lowest BCUT2D eigenvalue weighted by molar-refractivity contribution is -0.132. The first-order valence-electron chi connectivity index (χ1n) is 4.36. The molecular weight excluding hydrogens is 216 g/mol. The predicted molar refractivity (Wildman–Crippen MR) is 56.9 cm³/mol. The van der Waals surface area contributed by atoms with E-state index in [0.29, 0.717) is 0 Å². The fourth-order valence-corrected chi connectivity index (χ4v) is 1.36. The maximum Gasteiger partial charge on any atom is 0.349 e. The van der Waals surface area contributed by atoms with Crippen LogP contribution in [0.15, 0.2) is 10.6 Å². The standard InChI is InChI=1S/C9H12N2O3S/c1-3-7(12)11(4-2)8(15)6(5-10)9(13)14/h15H,3-4H2,1-2H3,(H,13,14)/b8-6-. The molecule has 0 aromatic rings. The van der Waals surface area contributed by atoms with Gasteiger partial charge in [0.2, 0.25) is 5.91 Å². The van der Waals surface area contributed by atoms with Gasteiger partial charge in [-0.05, 0) is 6.92 Å². The Balaban J connectivity index is 5.25. The summed E-state index contributed by atoms with van der Waals surface area (Å²) in [7, 11) is 0. The van der Waals surface area contributed by atoms with Crippen molar-refractivity contribution in [2.24, 2.45) is 0 Å². The highest BCUT2D eigenvalue weighted by molar-refractivity contribution is 7.84. The van der Waals surface area contributed by atoms with Gasteiger partial charge in [0.05, 0.1) is 5.03 Å². The van der Waals surface area contributed by atoms with Crippen LogP contribution in [0.4, 0.5) is 0 Å². The second kappa shape index (κ2) is 6.09. The van der Waals surface area contributed by atoms with Crippen molar-refractivity contribution < 1.29 is 14.7 Å². The number of rotatable bonds is 4. The van der Waals surface area contributed by atoms with E-state index in [0.717, 1.165) is 4.90 Å². The summed E-state index contributed by atoms with van der Waals surface area (Å²) in [6, 6.07) is 1.50. The van der Waals surface area contributed by atoms with Gasteiger partial charge in [-0.1, -0.05) is 6.92 Å². The Bertz CT molecular complexity index is 344. The highest BCUT2D eigenvalue weighted by Gasteiger charge is 2.19. The van der Waals surface area contributed by atoms with E-state index >= 15 is 0 Å². The van der Waals surface area contributed by atoms with Crippen LogP contribution in [0.1, 0.15) is 20.3 Å². The number of amides is 1. The lowest BCUT2D eigenvalue weighted by Crippen LogP contribution is -2.29. The van der Waals surface area contributed by atoms with Crippen LogP contribution in [-0.2, 0) is 9.59 Å². The smallest absolute Gasteiger partial charge is 0.349 e. The molecule has 1 amide bonds. The third-order valence-electron chi connectivity index (χ3n) is 1.72. The minimum absolute atomic E-state index is 0.112. The Morgan fingerprint density at radius 3 is 2.27 bits per heavy atom. The van der Waals surface area contributed by atoms with Crippen LogP contribution in [0.2, 0.25) is 0 Å². The maximum absolute atomic E-state index is 11.4. The van der Waals surface area contributed by atoms with Gasteiger partial charge in [-0.25, -0.2) is 4.79 Å². The van der Waals surface area contributed by atoms with E-state index < -0.39 is 11.5 Å². The summed E-state index contributed by atoms with van der Waals surface area (Å²) in [4.78, 5) is 23.2. The molecule has 0 bridgehead atoms. The van der Waals surface area contributed by atoms with Crippen LogP contribution in [0.3, 0.4) is 0 Å². The maximum atomic E-state index is 11.4. The molecule has 0 aliphatic heterocycles. The minimum Gasteiger partial charge on any atom is -0.477 e. The van der Waals surface area contributed by atoms with Crippen molar-refractivity contribution in [2.45, 2.75) is 20.3 Å².